The third-order valence-corrected chi connectivity index (χ3v) is 2.44. The maximum absolute atomic E-state index is 12.8. The minimum Gasteiger partial charge on any atom is -0.506 e. The normalized spacial score (nSPS) is 10.9. The zero-order chi connectivity index (χ0) is 13.0. The van der Waals surface area contributed by atoms with Gasteiger partial charge in [0.05, 0.1) is 0 Å². The van der Waals surface area contributed by atoms with E-state index in [1.54, 1.807) is 12.1 Å². The summed E-state index contributed by atoms with van der Waals surface area (Å²) in [6, 6.07) is 10.5. The van der Waals surface area contributed by atoms with Crippen LogP contribution in [0.1, 0.15) is 11.1 Å². The second kappa shape index (κ2) is 6.53. The monoisotopic (exact) mass is 276 g/mol. The van der Waals surface area contributed by atoms with Crippen molar-refractivity contribution in [1.82, 2.24) is 4.98 Å². The van der Waals surface area contributed by atoms with Crippen LogP contribution in [0.4, 0.5) is 4.39 Å². The van der Waals surface area contributed by atoms with Crippen LogP contribution in [-0.4, -0.2) is 10.1 Å². The third-order valence-electron chi connectivity index (χ3n) is 2.44. The van der Waals surface area contributed by atoms with Gasteiger partial charge in [-0.1, -0.05) is 12.1 Å². The van der Waals surface area contributed by atoms with Crippen molar-refractivity contribution in [3.8, 4) is 6.07 Å². The Morgan fingerprint density at radius 3 is 2.16 bits per heavy atom. The summed E-state index contributed by atoms with van der Waals surface area (Å²) in [5.74, 6) is -0.536. The average Bonchev–Trinajstić information content (AvgIpc) is 2.42. The van der Waals surface area contributed by atoms with E-state index in [9.17, 15) is 9.50 Å². The molecule has 3 nitrogen and oxygen atoms in total. The van der Waals surface area contributed by atoms with E-state index in [0.717, 1.165) is 0 Å². The topological polar surface area (TPSA) is 56.9 Å². The summed E-state index contributed by atoms with van der Waals surface area (Å²) in [5, 5.41) is 19.1. The molecule has 5 heteroatoms. The molecule has 0 aliphatic rings. The van der Waals surface area contributed by atoms with Crippen molar-refractivity contribution in [1.29, 1.82) is 5.26 Å². The van der Waals surface area contributed by atoms with Crippen molar-refractivity contribution in [3.63, 3.8) is 0 Å². The first kappa shape index (κ1) is 14.7. The van der Waals surface area contributed by atoms with E-state index < -0.39 is 0 Å². The molecule has 0 fully saturated rings. The van der Waals surface area contributed by atoms with Crippen LogP contribution in [0.25, 0.3) is 11.3 Å². The lowest BCUT2D eigenvalue weighted by Crippen LogP contribution is -1.90. The van der Waals surface area contributed by atoms with Crippen LogP contribution in [0.5, 0.6) is 0 Å². The molecule has 1 heterocycles. The number of aliphatic hydroxyl groups excluding tert-OH is 1. The number of allylic oxidation sites excluding steroid dienone is 1. The number of aromatic nitrogens is 1. The average molecular weight is 277 g/mol. The molecule has 0 spiro atoms. The van der Waals surface area contributed by atoms with Crippen LogP contribution in [0.2, 0.25) is 0 Å². The van der Waals surface area contributed by atoms with Crippen LogP contribution in [0, 0.1) is 17.1 Å². The highest BCUT2D eigenvalue weighted by Gasteiger charge is 2.10. The molecule has 19 heavy (non-hydrogen) atoms. The highest BCUT2D eigenvalue weighted by Crippen LogP contribution is 2.23. The smallest absolute Gasteiger partial charge is 0.141 e. The van der Waals surface area contributed by atoms with Gasteiger partial charge in [-0.3, -0.25) is 4.98 Å². The standard InChI is InChI=1S/C14H9FN2O.ClH/c15-12-3-1-10(2-4-12)13(9-16)14(18)11-5-7-17-8-6-11;/h1-8,18H;1H. The first-order chi connectivity index (χ1) is 8.72. The van der Waals surface area contributed by atoms with Crippen LogP contribution < -0.4 is 0 Å². The fourth-order valence-corrected chi connectivity index (χ4v) is 1.52. The summed E-state index contributed by atoms with van der Waals surface area (Å²) in [7, 11) is 0. The number of nitriles is 1. The number of rotatable bonds is 2. The Balaban J connectivity index is 0.00000180. The molecular weight excluding hydrogens is 267 g/mol. The summed E-state index contributed by atoms with van der Waals surface area (Å²) in [4.78, 5) is 3.83. The Kier molecular flexibility index (Phi) is 5.04. The molecular formula is C14H10ClFN2O. The SMILES string of the molecule is Cl.N#CC(=C(O)c1ccncc1)c1ccc(F)cc1. The van der Waals surface area contributed by atoms with Crippen LogP contribution >= 0.6 is 12.4 Å². The van der Waals surface area contributed by atoms with Gasteiger partial charge in [-0.25, -0.2) is 4.39 Å². The maximum Gasteiger partial charge on any atom is 0.141 e. The molecule has 0 amide bonds. The number of aliphatic hydroxyl groups is 1. The molecule has 96 valence electrons. The van der Waals surface area contributed by atoms with E-state index in [0.29, 0.717) is 11.1 Å². The molecule has 0 unspecified atom stereocenters. The lowest BCUT2D eigenvalue weighted by Gasteiger charge is -2.04. The van der Waals surface area contributed by atoms with Crippen molar-refractivity contribution < 1.29 is 9.50 Å². The number of nitrogens with zero attached hydrogens (tertiary/aromatic N) is 2. The van der Waals surface area contributed by atoms with Gasteiger partial charge in [0.2, 0.25) is 0 Å². The van der Waals surface area contributed by atoms with Crippen molar-refractivity contribution >= 4 is 23.7 Å². The molecule has 1 N–H and O–H groups in total. The molecule has 2 aromatic rings. The van der Waals surface area contributed by atoms with Gasteiger partial charge in [-0.05, 0) is 29.8 Å². The van der Waals surface area contributed by atoms with Gasteiger partial charge in [-0.2, -0.15) is 5.26 Å². The van der Waals surface area contributed by atoms with Gasteiger partial charge >= 0.3 is 0 Å². The lowest BCUT2D eigenvalue weighted by molar-refractivity contribution is 0.514. The van der Waals surface area contributed by atoms with Crippen molar-refractivity contribution in [3.05, 3.63) is 65.7 Å². The third kappa shape index (κ3) is 3.30. The predicted molar refractivity (Wildman–Crippen MR) is 72.9 cm³/mol. The zero-order valence-electron chi connectivity index (χ0n) is 9.75. The van der Waals surface area contributed by atoms with E-state index in [1.807, 2.05) is 6.07 Å². The molecule has 0 aliphatic carbocycles. The molecule has 2 rings (SSSR count). The molecule has 1 aromatic carbocycles. The molecule has 0 bridgehead atoms. The van der Waals surface area contributed by atoms with Gasteiger partial charge in [0.25, 0.3) is 0 Å². The molecule has 0 atom stereocenters. The molecule has 0 saturated heterocycles. The Bertz CT molecular complexity index is 618. The molecule has 0 radical (unpaired) electrons. The quantitative estimate of drug-likeness (QED) is 0.673. The Hall–Kier alpha value is -2.38. The maximum atomic E-state index is 12.8. The van der Waals surface area contributed by atoms with Gasteiger partial charge in [-0.15, -0.1) is 12.4 Å². The van der Waals surface area contributed by atoms with Gasteiger partial charge in [0.1, 0.15) is 23.2 Å². The number of benzene rings is 1. The highest BCUT2D eigenvalue weighted by atomic mass is 35.5. The van der Waals surface area contributed by atoms with Gasteiger partial charge in [0, 0.05) is 18.0 Å². The zero-order valence-corrected chi connectivity index (χ0v) is 10.6. The van der Waals surface area contributed by atoms with Crippen molar-refractivity contribution in [2.24, 2.45) is 0 Å². The first-order valence-electron chi connectivity index (χ1n) is 5.22. The van der Waals surface area contributed by atoms with Gasteiger partial charge < -0.3 is 5.11 Å². The Morgan fingerprint density at radius 2 is 1.63 bits per heavy atom. The highest BCUT2D eigenvalue weighted by molar-refractivity contribution is 5.93. The predicted octanol–water partition coefficient (Wildman–Crippen LogP) is 3.59. The molecule has 0 saturated carbocycles. The Morgan fingerprint density at radius 1 is 1.05 bits per heavy atom. The molecule has 0 aliphatic heterocycles. The molecule has 1 aromatic heterocycles. The van der Waals surface area contributed by atoms with Crippen molar-refractivity contribution in [2.45, 2.75) is 0 Å². The minimum atomic E-state index is -0.389. The van der Waals surface area contributed by atoms with Crippen LogP contribution in [0.15, 0.2) is 48.8 Å². The summed E-state index contributed by atoms with van der Waals surface area (Å²) in [5.41, 5.74) is 1.06. The lowest BCUT2D eigenvalue weighted by atomic mass is 10.0. The summed E-state index contributed by atoms with van der Waals surface area (Å²) < 4.78 is 12.8. The van der Waals surface area contributed by atoms with E-state index in [4.69, 9.17) is 5.26 Å². The Labute approximate surface area is 116 Å². The van der Waals surface area contributed by atoms with E-state index in [1.165, 1.54) is 36.7 Å². The van der Waals surface area contributed by atoms with E-state index in [2.05, 4.69) is 4.98 Å². The fourth-order valence-electron chi connectivity index (χ4n) is 1.52. The van der Waals surface area contributed by atoms with Crippen LogP contribution in [0.3, 0.4) is 0 Å². The number of halogens is 2. The van der Waals surface area contributed by atoms with Crippen molar-refractivity contribution in [2.75, 3.05) is 0 Å². The summed E-state index contributed by atoms with van der Waals surface area (Å²) >= 11 is 0. The second-order valence-corrected chi connectivity index (χ2v) is 3.58. The van der Waals surface area contributed by atoms with Crippen LogP contribution in [-0.2, 0) is 0 Å². The number of pyridine rings is 1. The second-order valence-electron chi connectivity index (χ2n) is 3.58. The summed E-state index contributed by atoms with van der Waals surface area (Å²) in [6.45, 7) is 0. The van der Waals surface area contributed by atoms with E-state index >= 15 is 0 Å². The number of hydrogen-bond donors (Lipinski definition) is 1. The largest absolute Gasteiger partial charge is 0.506 e. The number of hydrogen-bond acceptors (Lipinski definition) is 3. The van der Waals surface area contributed by atoms with E-state index in [-0.39, 0.29) is 29.6 Å². The fraction of sp³-hybridized carbons (Fsp3) is 0. The summed E-state index contributed by atoms with van der Waals surface area (Å²) in [6.07, 6.45) is 3.04. The minimum absolute atomic E-state index is 0. The first-order valence-corrected chi connectivity index (χ1v) is 5.22. The van der Waals surface area contributed by atoms with Gasteiger partial charge in [0.15, 0.2) is 0 Å².